The lowest BCUT2D eigenvalue weighted by Crippen LogP contribution is -2.58. The molecule has 5 amide bonds. The van der Waals surface area contributed by atoms with Crippen LogP contribution in [0.3, 0.4) is 0 Å². The van der Waals surface area contributed by atoms with Crippen LogP contribution in [0.15, 0.2) is 48.5 Å². The Morgan fingerprint density at radius 2 is 1.69 bits per heavy atom. The molecule has 320 valence electrons. The molecule has 61 heavy (non-hydrogen) atoms. The summed E-state index contributed by atoms with van der Waals surface area (Å²) in [5.74, 6) is -3.85. The van der Waals surface area contributed by atoms with Gasteiger partial charge in [-0.2, -0.15) is 8.78 Å². The van der Waals surface area contributed by atoms with Gasteiger partial charge in [0.05, 0.1) is 39.1 Å². The van der Waals surface area contributed by atoms with Gasteiger partial charge in [0.2, 0.25) is 11.8 Å². The second-order valence-corrected chi connectivity index (χ2v) is 18.8. The van der Waals surface area contributed by atoms with Crippen LogP contribution in [0.5, 0.6) is 5.75 Å². The van der Waals surface area contributed by atoms with Gasteiger partial charge in [-0.05, 0) is 105 Å². The van der Waals surface area contributed by atoms with E-state index in [4.69, 9.17) is 9.72 Å². The van der Waals surface area contributed by atoms with Crippen LogP contribution in [0, 0.1) is 17.3 Å². The molecule has 2 saturated carbocycles. The number of nitrogens with zero attached hydrogens (tertiary/aromatic N) is 4. The van der Waals surface area contributed by atoms with Crippen molar-refractivity contribution < 1.29 is 37.5 Å². The van der Waals surface area contributed by atoms with Crippen molar-refractivity contribution in [2.24, 2.45) is 17.3 Å². The molecule has 0 bridgehead atoms. The lowest BCUT2D eigenvalue weighted by molar-refractivity contribution is -0.136. The van der Waals surface area contributed by atoms with E-state index >= 15 is 0 Å². The minimum atomic E-state index is -3.16. The number of piperidine rings is 1. The molecule has 5 aliphatic rings. The number of anilines is 2. The Kier molecular flexibility index (Phi) is 10.9. The van der Waals surface area contributed by atoms with Crippen molar-refractivity contribution in [2.75, 3.05) is 43.9 Å². The molecule has 2 aromatic heterocycles. The number of hydrogen-bond donors (Lipinski definition) is 3. The predicted octanol–water partition coefficient (Wildman–Crippen LogP) is 7.34. The molecule has 5 heterocycles. The van der Waals surface area contributed by atoms with Crippen LogP contribution in [0.1, 0.15) is 119 Å². The van der Waals surface area contributed by atoms with Crippen molar-refractivity contribution in [3.05, 3.63) is 76.1 Å². The molecular formula is C45H49F2N7O6S. The highest BCUT2D eigenvalue weighted by atomic mass is 32.1. The van der Waals surface area contributed by atoms with Gasteiger partial charge in [0.1, 0.15) is 23.2 Å². The highest BCUT2D eigenvalue weighted by Crippen LogP contribution is 2.47. The number of thiazole rings is 1. The van der Waals surface area contributed by atoms with Crippen LogP contribution in [-0.4, -0.2) is 88.6 Å². The van der Waals surface area contributed by atoms with Crippen molar-refractivity contribution in [2.45, 2.75) is 89.0 Å². The van der Waals surface area contributed by atoms with E-state index in [1.54, 1.807) is 23.5 Å². The average molecular weight is 854 g/mol. The number of halogens is 2. The van der Waals surface area contributed by atoms with Gasteiger partial charge in [-0.15, -0.1) is 11.3 Å². The quantitative estimate of drug-likeness (QED) is 0.130. The lowest BCUT2D eigenvalue weighted by atomic mass is 9.65. The molecule has 1 atom stereocenters. The maximum atomic E-state index is 13.9. The van der Waals surface area contributed by atoms with E-state index in [-0.39, 0.29) is 24.1 Å². The number of fused-ring (bicyclic) bond motifs is 2. The molecule has 3 aliphatic heterocycles. The fourth-order valence-electron chi connectivity index (χ4n) is 10.1. The van der Waals surface area contributed by atoms with E-state index in [0.717, 1.165) is 85.2 Å². The average Bonchev–Trinajstić information content (AvgIpc) is 3.76. The van der Waals surface area contributed by atoms with E-state index in [0.29, 0.717) is 52.4 Å². The SMILES string of the molecule is COc1cc2nc(C3CCC(CN4CC5(CCC(CNc6cccc7c6C(=O)N(C6CCC(=O)NC6=O)C7=O)CC5)C4)CC3)sc2cc1NC(=O)c1cccc(C(C)(F)F)n1. The Balaban J connectivity index is 0.732. The van der Waals surface area contributed by atoms with Crippen molar-refractivity contribution in [1.29, 1.82) is 0 Å². The number of ether oxygens (including phenoxy) is 1. The molecule has 3 N–H and O–H groups in total. The zero-order chi connectivity index (χ0) is 42.6. The third kappa shape index (κ3) is 8.11. The number of rotatable bonds is 11. The number of nitrogens with one attached hydrogen (secondary N) is 3. The third-order valence-corrected chi connectivity index (χ3v) is 14.6. The maximum absolute atomic E-state index is 13.9. The molecule has 1 unspecified atom stereocenters. The number of carbonyl (C=O) groups is 5. The summed E-state index contributed by atoms with van der Waals surface area (Å²) in [5, 5.41) is 9.60. The number of methoxy groups -OCH3 is 1. The fraction of sp³-hybridized carbons (Fsp3) is 0.489. The normalized spacial score (nSPS) is 23.2. The van der Waals surface area contributed by atoms with Gasteiger partial charge in [-0.3, -0.25) is 34.2 Å². The molecule has 2 saturated heterocycles. The van der Waals surface area contributed by atoms with Crippen molar-refractivity contribution in [3.8, 4) is 5.75 Å². The van der Waals surface area contributed by atoms with E-state index in [1.807, 2.05) is 18.2 Å². The number of aromatic nitrogens is 2. The summed E-state index contributed by atoms with van der Waals surface area (Å²) in [7, 11) is 1.51. The predicted molar refractivity (Wildman–Crippen MR) is 225 cm³/mol. The second-order valence-electron chi connectivity index (χ2n) is 17.7. The van der Waals surface area contributed by atoms with E-state index in [1.165, 1.54) is 38.2 Å². The van der Waals surface area contributed by atoms with Crippen molar-refractivity contribution in [1.82, 2.24) is 25.1 Å². The van der Waals surface area contributed by atoms with Gasteiger partial charge in [0.25, 0.3) is 23.6 Å². The van der Waals surface area contributed by atoms with Crippen LogP contribution in [0.25, 0.3) is 10.2 Å². The molecule has 0 radical (unpaired) electrons. The molecule has 4 aromatic rings. The molecule has 2 aliphatic carbocycles. The molecule has 4 fully saturated rings. The number of likely N-dealkylation sites (tertiary alicyclic amines) is 1. The first kappa shape index (κ1) is 41.0. The summed E-state index contributed by atoms with van der Waals surface area (Å²) in [4.78, 5) is 76.5. The Labute approximate surface area is 356 Å². The third-order valence-electron chi connectivity index (χ3n) is 13.5. The van der Waals surface area contributed by atoms with Gasteiger partial charge >= 0.3 is 0 Å². The van der Waals surface area contributed by atoms with Crippen LogP contribution < -0.4 is 20.7 Å². The number of carbonyl (C=O) groups excluding carboxylic acids is 5. The Morgan fingerprint density at radius 1 is 0.934 bits per heavy atom. The van der Waals surface area contributed by atoms with Crippen LogP contribution in [0.4, 0.5) is 20.2 Å². The lowest BCUT2D eigenvalue weighted by Gasteiger charge is -2.54. The van der Waals surface area contributed by atoms with Crippen LogP contribution in [-0.2, 0) is 15.5 Å². The Morgan fingerprint density at radius 3 is 2.41 bits per heavy atom. The molecule has 16 heteroatoms. The van der Waals surface area contributed by atoms with Gasteiger partial charge in [-0.25, -0.2) is 9.97 Å². The molecular weight excluding hydrogens is 805 g/mol. The summed E-state index contributed by atoms with van der Waals surface area (Å²) in [6, 6.07) is 11.9. The summed E-state index contributed by atoms with van der Waals surface area (Å²) < 4.78 is 34.2. The fourth-order valence-corrected chi connectivity index (χ4v) is 11.3. The van der Waals surface area contributed by atoms with E-state index in [2.05, 4.69) is 25.8 Å². The van der Waals surface area contributed by atoms with Gasteiger partial charge in [-0.1, -0.05) is 12.1 Å². The first-order chi connectivity index (χ1) is 29.3. The van der Waals surface area contributed by atoms with Crippen molar-refractivity contribution >= 4 is 62.5 Å². The van der Waals surface area contributed by atoms with Gasteiger partial charge in [0, 0.05) is 57.2 Å². The molecule has 2 aromatic carbocycles. The standard InChI is InChI=1S/C45H49F2N7O6S/c1-44(46,47)36-8-4-7-30(49-36)39(56)50-31-20-35-32(19-34(31)60-2)51-41(61-35)27-11-9-26(10-12-27)22-53-23-45(24-53)17-15-25(16-18-45)21-48-29-6-3-5-28-38(29)43(59)54(42(28)58)33-13-14-37(55)52-40(33)57/h3-8,19-20,25-27,33,48H,9-18,21-24H2,1-2H3,(H,50,56)(H,52,55,57). The van der Waals surface area contributed by atoms with Gasteiger partial charge < -0.3 is 20.3 Å². The van der Waals surface area contributed by atoms with Gasteiger partial charge in [0.15, 0.2) is 0 Å². The Bertz CT molecular complexity index is 2410. The van der Waals surface area contributed by atoms with E-state index < -0.39 is 47.2 Å². The number of benzene rings is 2. The molecule has 9 rings (SSSR count). The molecule has 1 spiro atoms. The maximum Gasteiger partial charge on any atom is 0.287 e. The minimum Gasteiger partial charge on any atom is -0.494 e. The first-order valence-corrected chi connectivity index (χ1v) is 22.0. The summed E-state index contributed by atoms with van der Waals surface area (Å²) in [6.07, 6.45) is 9.20. The number of hydrogen-bond acceptors (Lipinski definition) is 11. The number of imide groups is 2. The number of pyridine rings is 1. The molecule has 13 nitrogen and oxygen atoms in total. The topological polar surface area (TPSA) is 163 Å². The number of alkyl halides is 2. The largest absolute Gasteiger partial charge is 0.494 e. The van der Waals surface area contributed by atoms with Crippen molar-refractivity contribution in [3.63, 3.8) is 0 Å². The Hall–Kier alpha value is -5.35. The summed E-state index contributed by atoms with van der Waals surface area (Å²) in [6.45, 7) is 4.85. The second kappa shape index (κ2) is 16.2. The monoisotopic (exact) mass is 853 g/mol. The number of amides is 5. The summed E-state index contributed by atoms with van der Waals surface area (Å²) in [5.41, 5.74) is 2.23. The van der Waals surface area contributed by atoms with E-state index in [9.17, 15) is 32.8 Å². The highest BCUT2D eigenvalue weighted by Gasteiger charge is 2.47. The van der Waals surface area contributed by atoms with Crippen LogP contribution >= 0.6 is 11.3 Å². The summed E-state index contributed by atoms with van der Waals surface area (Å²) >= 11 is 1.62. The first-order valence-electron chi connectivity index (χ1n) is 21.2. The minimum absolute atomic E-state index is 0.0857. The smallest absolute Gasteiger partial charge is 0.287 e. The van der Waals surface area contributed by atoms with Crippen LogP contribution in [0.2, 0.25) is 0 Å². The zero-order valence-electron chi connectivity index (χ0n) is 34.2. The highest BCUT2D eigenvalue weighted by molar-refractivity contribution is 7.18. The zero-order valence-corrected chi connectivity index (χ0v) is 35.0.